The number of aliphatic hydroxyl groups excluding tert-OH is 1. The fraction of sp³-hybridized carbons (Fsp3) is 0.700. The van der Waals surface area contributed by atoms with Crippen LogP contribution < -0.4 is 0 Å². The van der Waals surface area contributed by atoms with E-state index in [1.165, 1.54) is 13.2 Å². The second-order valence-corrected chi connectivity index (χ2v) is 3.26. The molecule has 3 nitrogen and oxygen atoms in total. The first-order chi connectivity index (χ1) is 6.02. The molecule has 1 atom stereocenters. The van der Waals surface area contributed by atoms with Gasteiger partial charge in [-0.3, -0.25) is 4.79 Å². The van der Waals surface area contributed by atoms with Crippen molar-refractivity contribution in [1.29, 1.82) is 0 Å². The minimum atomic E-state index is -0.359. The Morgan fingerprint density at radius 1 is 1.50 bits per heavy atom. The second kappa shape index (κ2) is 8.21. The first-order valence-electron chi connectivity index (χ1n) is 4.50. The van der Waals surface area contributed by atoms with Gasteiger partial charge in [-0.25, -0.2) is 0 Å². The van der Waals surface area contributed by atoms with E-state index in [0.717, 1.165) is 0 Å². The Labute approximate surface area is 100 Å². The number of hydrogen-bond acceptors (Lipinski definition) is 3. The first kappa shape index (κ1) is 16.3. The monoisotopic (exact) mass is 234 g/mol. The van der Waals surface area contributed by atoms with Gasteiger partial charge in [-0.2, -0.15) is 0 Å². The largest absolute Gasteiger partial charge is 0.509 e. The third-order valence-corrected chi connectivity index (χ3v) is 1.84. The molecule has 0 aromatic heterocycles. The summed E-state index contributed by atoms with van der Waals surface area (Å²) in [4.78, 5) is 11.2. The number of allylic oxidation sites excluding steroid dienone is 1. The summed E-state index contributed by atoms with van der Waals surface area (Å²) in [6.07, 6.45) is 1.55. The molecule has 0 aliphatic heterocycles. The molecule has 0 bridgehead atoms. The van der Waals surface area contributed by atoms with Gasteiger partial charge < -0.3 is 9.84 Å². The van der Waals surface area contributed by atoms with Crippen LogP contribution in [0.25, 0.3) is 0 Å². The Morgan fingerprint density at radius 3 is 2.29 bits per heavy atom. The average molecular weight is 234 g/mol. The summed E-state index contributed by atoms with van der Waals surface area (Å²) < 4.78 is 4.97. The standard InChI is InChI=1S/C10H18O3.Ti/c1-5-10(13-4)9(12)6-8(11)7(2)3;/h6-7,10,12H,5H2,1-4H3;/b9-6-;. The zero-order valence-corrected chi connectivity index (χ0v) is 10.8. The Kier molecular flexibility index (Phi) is 9.57. The van der Waals surface area contributed by atoms with Crippen molar-refractivity contribution < 1.29 is 36.4 Å². The summed E-state index contributed by atoms with van der Waals surface area (Å²) in [5, 5.41) is 9.44. The van der Waals surface area contributed by atoms with E-state index in [1.807, 2.05) is 6.92 Å². The van der Waals surface area contributed by atoms with Crippen molar-refractivity contribution in [3.63, 3.8) is 0 Å². The van der Waals surface area contributed by atoms with Gasteiger partial charge in [0, 0.05) is 40.8 Å². The zero-order chi connectivity index (χ0) is 10.4. The molecule has 0 fully saturated rings. The molecule has 0 spiro atoms. The number of rotatable bonds is 5. The third kappa shape index (κ3) is 5.58. The molecule has 80 valence electrons. The van der Waals surface area contributed by atoms with Crippen molar-refractivity contribution >= 4 is 5.78 Å². The molecular weight excluding hydrogens is 216 g/mol. The van der Waals surface area contributed by atoms with Crippen LogP contribution >= 0.6 is 0 Å². The topological polar surface area (TPSA) is 46.5 Å². The molecule has 4 heteroatoms. The fourth-order valence-corrected chi connectivity index (χ4v) is 0.902. The number of carbonyl (C=O) groups excluding carboxylic acids is 1. The van der Waals surface area contributed by atoms with E-state index < -0.39 is 0 Å². The molecule has 0 amide bonds. The molecule has 0 saturated carbocycles. The van der Waals surface area contributed by atoms with Gasteiger partial charge in [0.2, 0.25) is 0 Å². The summed E-state index contributed by atoms with van der Waals surface area (Å²) in [5.41, 5.74) is 0. The van der Waals surface area contributed by atoms with Gasteiger partial charge in [0.25, 0.3) is 0 Å². The van der Waals surface area contributed by atoms with Crippen LogP contribution in [-0.2, 0) is 31.2 Å². The van der Waals surface area contributed by atoms with E-state index in [0.29, 0.717) is 6.42 Å². The maximum Gasteiger partial charge on any atom is 0.161 e. The van der Waals surface area contributed by atoms with Crippen LogP contribution in [0.15, 0.2) is 11.8 Å². The van der Waals surface area contributed by atoms with Crippen LogP contribution in [0.4, 0.5) is 0 Å². The summed E-state index contributed by atoms with van der Waals surface area (Å²) in [7, 11) is 1.51. The SMILES string of the molecule is CCC(OC)/C(O)=C/C(=O)C(C)C.[Ti]. The van der Waals surface area contributed by atoms with Gasteiger partial charge in [0.15, 0.2) is 5.78 Å². The van der Waals surface area contributed by atoms with E-state index in [4.69, 9.17) is 4.74 Å². The van der Waals surface area contributed by atoms with Crippen LogP contribution in [0, 0.1) is 5.92 Å². The van der Waals surface area contributed by atoms with Crippen LogP contribution in [0.1, 0.15) is 27.2 Å². The number of hydrogen-bond donors (Lipinski definition) is 1. The summed E-state index contributed by atoms with van der Waals surface area (Å²) in [5.74, 6) is -0.145. The van der Waals surface area contributed by atoms with E-state index >= 15 is 0 Å². The Bertz CT molecular complexity index is 196. The minimum Gasteiger partial charge on any atom is -0.509 e. The van der Waals surface area contributed by atoms with Crippen molar-refractivity contribution in [1.82, 2.24) is 0 Å². The third-order valence-electron chi connectivity index (χ3n) is 1.84. The van der Waals surface area contributed by atoms with Gasteiger partial charge >= 0.3 is 0 Å². The average Bonchev–Trinajstić information content (AvgIpc) is 2.06. The van der Waals surface area contributed by atoms with Crippen LogP contribution in [0.3, 0.4) is 0 Å². The maximum absolute atomic E-state index is 11.2. The Hall–Kier alpha value is -0.116. The predicted molar refractivity (Wildman–Crippen MR) is 51.6 cm³/mol. The maximum atomic E-state index is 11.2. The normalized spacial score (nSPS) is 13.6. The summed E-state index contributed by atoms with van der Waals surface area (Å²) in [6.45, 7) is 5.47. The van der Waals surface area contributed by atoms with Crippen molar-refractivity contribution in [3.8, 4) is 0 Å². The molecule has 0 heterocycles. The number of methoxy groups -OCH3 is 1. The molecule has 0 radical (unpaired) electrons. The summed E-state index contributed by atoms with van der Waals surface area (Å²) >= 11 is 0. The molecule has 0 aromatic rings. The number of carbonyl (C=O) groups is 1. The van der Waals surface area contributed by atoms with E-state index in [1.54, 1.807) is 13.8 Å². The molecule has 0 aliphatic carbocycles. The minimum absolute atomic E-state index is 0. The number of aliphatic hydroxyl groups is 1. The smallest absolute Gasteiger partial charge is 0.161 e. The van der Waals surface area contributed by atoms with E-state index in [9.17, 15) is 9.90 Å². The molecule has 1 N–H and O–H groups in total. The van der Waals surface area contributed by atoms with Gasteiger partial charge in [-0.05, 0) is 6.42 Å². The van der Waals surface area contributed by atoms with Gasteiger partial charge in [0.1, 0.15) is 11.9 Å². The van der Waals surface area contributed by atoms with Gasteiger partial charge in [0.05, 0.1) is 0 Å². The van der Waals surface area contributed by atoms with Crippen molar-refractivity contribution in [2.45, 2.75) is 33.3 Å². The summed E-state index contributed by atoms with van der Waals surface area (Å²) in [6, 6.07) is 0. The fourth-order valence-electron chi connectivity index (χ4n) is 0.902. The number of ketones is 1. The quantitative estimate of drug-likeness (QED) is 0.450. The molecule has 1 unspecified atom stereocenters. The Morgan fingerprint density at radius 2 is 2.00 bits per heavy atom. The van der Waals surface area contributed by atoms with Crippen molar-refractivity contribution in [3.05, 3.63) is 11.8 Å². The van der Waals surface area contributed by atoms with E-state index in [-0.39, 0.29) is 45.3 Å². The van der Waals surface area contributed by atoms with Crippen molar-refractivity contribution in [2.24, 2.45) is 5.92 Å². The molecule has 0 aliphatic rings. The van der Waals surface area contributed by atoms with Crippen molar-refractivity contribution in [2.75, 3.05) is 7.11 Å². The molecule has 0 rings (SSSR count). The number of ether oxygens (including phenoxy) is 1. The van der Waals surface area contributed by atoms with Crippen LogP contribution in [0.2, 0.25) is 0 Å². The zero-order valence-electron chi connectivity index (χ0n) is 9.20. The Balaban J connectivity index is 0. The van der Waals surface area contributed by atoms with Crippen LogP contribution in [0.5, 0.6) is 0 Å². The second-order valence-electron chi connectivity index (χ2n) is 3.26. The first-order valence-corrected chi connectivity index (χ1v) is 4.50. The molecule has 14 heavy (non-hydrogen) atoms. The van der Waals surface area contributed by atoms with Crippen LogP contribution in [-0.4, -0.2) is 24.1 Å². The van der Waals surface area contributed by atoms with Gasteiger partial charge in [-0.15, -0.1) is 0 Å². The van der Waals surface area contributed by atoms with E-state index in [2.05, 4.69) is 0 Å². The predicted octanol–water partition coefficient (Wildman–Crippen LogP) is 2.08. The molecule has 0 saturated heterocycles. The molecule has 0 aromatic carbocycles. The van der Waals surface area contributed by atoms with Gasteiger partial charge in [-0.1, -0.05) is 20.8 Å². The molecular formula is C10H18O3Ti.